The Morgan fingerprint density at radius 3 is 2.41 bits per heavy atom. The van der Waals surface area contributed by atoms with Crippen LogP contribution in [0.25, 0.3) is 22.0 Å². The summed E-state index contributed by atoms with van der Waals surface area (Å²) in [7, 11) is -5.66. The molecule has 1 aromatic heterocycles. The van der Waals surface area contributed by atoms with Crippen LogP contribution in [0.1, 0.15) is 31.7 Å². The number of carbonyl (C=O) groups excluding carboxylic acids is 1. The molecule has 0 saturated carbocycles. The molecule has 0 aliphatic heterocycles. The molecule has 0 saturated heterocycles. The first kappa shape index (κ1) is 23.9. The average molecular weight is 462 g/mol. The van der Waals surface area contributed by atoms with Gasteiger partial charge in [-0.3, -0.25) is 4.57 Å². The third kappa shape index (κ3) is 4.86. The average Bonchev–Trinajstić information content (AvgIpc) is 3.04. The number of halogens is 1. The van der Waals surface area contributed by atoms with Crippen molar-refractivity contribution in [3.05, 3.63) is 53.8 Å². The van der Waals surface area contributed by atoms with E-state index in [0.717, 1.165) is 16.9 Å². The zero-order valence-corrected chi connectivity index (χ0v) is 18.9. The molecule has 32 heavy (non-hydrogen) atoms. The Labute approximate surface area is 185 Å². The largest absolute Gasteiger partial charge is 0.506 e. The van der Waals surface area contributed by atoms with E-state index in [9.17, 15) is 27.7 Å². The monoisotopic (exact) mass is 462 g/mol. The summed E-state index contributed by atoms with van der Waals surface area (Å²) in [6.45, 7) is 5.03. The van der Waals surface area contributed by atoms with E-state index in [1.165, 1.54) is 18.2 Å². The van der Waals surface area contributed by atoms with Gasteiger partial charge in [0.05, 0.1) is 11.1 Å². The summed E-state index contributed by atoms with van der Waals surface area (Å²) in [6, 6.07) is 9.91. The number of fused-ring (bicyclic) bond motifs is 1. The van der Waals surface area contributed by atoms with Gasteiger partial charge in [-0.2, -0.15) is 0 Å². The smallest absolute Gasteiger partial charge is 0.443 e. The van der Waals surface area contributed by atoms with Gasteiger partial charge in [-0.1, -0.05) is 12.1 Å². The second-order valence-electron chi connectivity index (χ2n) is 8.52. The van der Waals surface area contributed by atoms with Gasteiger partial charge in [0.1, 0.15) is 16.8 Å². The van der Waals surface area contributed by atoms with E-state index >= 15 is 0 Å². The van der Waals surface area contributed by atoms with Crippen molar-refractivity contribution in [1.82, 2.24) is 4.57 Å². The molecule has 0 aliphatic rings. The standard InChI is InChI=1S/C21H24BFN2O6S/c1-21(2,3)31-20(26)25-17-7-5-6-15(16(17)11-18(25)22(27)28)12-8-13(10-14(23)9-12)19(24)32(4,29)30/h5-11,19,27-28H,24H2,1-4H3. The van der Waals surface area contributed by atoms with Crippen LogP contribution in [0.15, 0.2) is 42.5 Å². The highest BCUT2D eigenvalue weighted by Gasteiger charge is 2.28. The van der Waals surface area contributed by atoms with Crippen LogP contribution in [0.2, 0.25) is 0 Å². The van der Waals surface area contributed by atoms with Gasteiger partial charge >= 0.3 is 13.2 Å². The number of rotatable bonds is 4. The number of nitrogens with two attached hydrogens (primary N) is 1. The number of aromatic nitrogens is 1. The molecule has 11 heteroatoms. The molecule has 0 spiro atoms. The van der Waals surface area contributed by atoms with Gasteiger partial charge in [-0.25, -0.2) is 17.6 Å². The zero-order chi connectivity index (χ0) is 24.0. The van der Waals surface area contributed by atoms with E-state index in [2.05, 4.69) is 0 Å². The molecular weight excluding hydrogens is 438 g/mol. The van der Waals surface area contributed by atoms with Crippen LogP contribution in [0.4, 0.5) is 9.18 Å². The van der Waals surface area contributed by atoms with Crippen molar-refractivity contribution < 1.29 is 32.4 Å². The Hall–Kier alpha value is -2.73. The number of ether oxygens (including phenoxy) is 1. The van der Waals surface area contributed by atoms with Crippen molar-refractivity contribution in [2.45, 2.75) is 31.7 Å². The maximum absolute atomic E-state index is 14.4. The van der Waals surface area contributed by atoms with Crippen molar-refractivity contribution in [2.24, 2.45) is 5.73 Å². The molecule has 0 aliphatic carbocycles. The highest BCUT2D eigenvalue weighted by Crippen LogP contribution is 2.32. The van der Waals surface area contributed by atoms with Gasteiger partial charge in [0.2, 0.25) is 0 Å². The Balaban J connectivity index is 2.25. The molecule has 3 aromatic rings. The molecular formula is C21H24BFN2O6S. The van der Waals surface area contributed by atoms with Crippen molar-refractivity contribution in [3.8, 4) is 11.1 Å². The molecule has 3 rings (SSSR count). The minimum Gasteiger partial charge on any atom is -0.443 e. The maximum Gasteiger partial charge on any atom is 0.506 e. The number of benzene rings is 2. The summed E-state index contributed by atoms with van der Waals surface area (Å²) in [4.78, 5) is 12.8. The second-order valence-corrected chi connectivity index (χ2v) is 10.7. The SMILES string of the molecule is CC(C)(C)OC(=O)n1c(B(O)O)cc2c(-c3cc(F)cc(C(N)S(C)(=O)=O)c3)cccc21. The minimum absolute atomic E-state index is 0.0634. The fraction of sp³-hybridized carbons (Fsp3) is 0.286. The highest BCUT2D eigenvalue weighted by molar-refractivity contribution is 7.90. The maximum atomic E-state index is 14.4. The quantitative estimate of drug-likeness (QED) is 0.505. The van der Waals surface area contributed by atoms with Crippen molar-refractivity contribution >= 4 is 39.5 Å². The molecule has 1 heterocycles. The molecule has 1 unspecified atom stereocenters. The van der Waals surface area contributed by atoms with Crippen LogP contribution in [-0.2, 0) is 14.6 Å². The molecule has 4 N–H and O–H groups in total. The van der Waals surface area contributed by atoms with E-state index in [1.807, 2.05) is 0 Å². The molecule has 0 bridgehead atoms. The number of nitrogens with zero attached hydrogens (tertiary/aromatic N) is 1. The van der Waals surface area contributed by atoms with Crippen LogP contribution in [0, 0.1) is 5.82 Å². The highest BCUT2D eigenvalue weighted by atomic mass is 32.2. The first-order valence-corrected chi connectivity index (χ1v) is 11.6. The van der Waals surface area contributed by atoms with Crippen LogP contribution in [-0.4, -0.2) is 48.1 Å². The number of carbonyl (C=O) groups is 1. The molecule has 0 amide bonds. The van der Waals surface area contributed by atoms with Crippen LogP contribution >= 0.6 is 0 Å². The molecule has 2 aromatic carbocycles. The molecule has 1 atom stereocenters. The number of hydrogen-bond donors (Lipinski definition) is 3. The predicted molar refractivity (Wildman–Crippen MR) is 121 cm³/mol. The Morgan fingerprint density at radius 1 is 1.19 bits per heavy atom. The van der Waals surface area contributed by atoms with Crippen LogP contribution in [0.5, 0.6) is 0 Å². The van der Waals surface area contributed by atoms with Gasteiger partial charge < -0.3 is 20.5 Å². The second kappa shape index (κ2) is 8.32. The fourth-order valence-corrected chi connectivity index (χ4v) is 4.01. The summed E-state index contributed by atoms with van der Waals surface area (Å²) in [5, 5.41) is 18.7. The first-order chi connectivity index (χ1) is 14.7. The topological polar surface area (TPSA) is 132 Å². The van der Waals surface area contributed by atoms with E-state index in [-0.39, 0.29) is 11.2 Å². The number of hydrogen-bond acceptors (Lipinski definition) is 7. The third-order valence-corrected chi connectivity index (χ3v) is 5.93. The predicted octanol–water partition coefficient (Wildman–Crippen LogP) is 1.91. The van der Waals surface area contributed by atoms with Crippen molar-refractivity contribution in [2.75, 3.05) is 6.26 Å². The lowest BCUT2D eigenvalue weighted by Gasteiger charge is -2.21. The van der Waals surface area contributed by atoms with Gasteiger partial charge in [0.15, 0.2) is 9.84 Å². The minimum atomic E-state index is -3.68. The van der Waals surface area contributed by atoms with Crippen molar-refractivity contribution in [1.29, 1.82) is 0 Å². The van der Waals surface area contributed by atoms with E-state index in [1.54, 1.807) is 39.0 Å². The summed E-state index contributed by atoms with van der Waals surface area (Å²) >= 11 is 0. The summed E-state index contributed by atoms with van der Waals surface area (Å²) in [5.74, 6) is -0.692. The van der Waals surface area contributed by atoms with Gasteiger partial charge in [0.25, 0.3) is 0 Å². The summed E-state index contributed by atoms with van der Waals surface area (Å²) in [5.41, 5.74) is 5.93. The van der Waals surface area contributed by atoms with Crippen molar-refractivity contribution in [3.63, 3.8) is 0 Å². The first-order valence-electron chi connectivity index (χ1n) is 9.68. The fourth-order valence-electron chi connectivity index (χ4n) is 3.38. The van der Waals surface area contributed by atoms with E-state index in [0.29, 0.717) is 22.0 Å². The molecule has 0 fully saturated rings. The van der Waals surface area contributed by atoms with E-state index in [4.69, 9.17) is 10.5 Å². The zero-order valence-electron chi connectivity index (χ0n) is 18.0. The van der Waals surface area contributed by atoms with Crippen LogP contribution in [0.3, 0.4) is 0 Å². The Kier molecular flexibility index (Phi) is 6.22. The van der Waals surface area contributed by atoms with Crippen LogP contribution < -0.4 is 11.3 Å². The van der Waals surface area contributed by atoms with Gasteiger partial charge in [-0.05, 0) is 67.8 Å². The molecule has 170 valence electrons. The van der Waals surface area contributed by atoms with E-state index < -0.39 is 39.8 Å². The lowest BCUT2D eigenvalue weighted by molar-refractivity contribution is 0.0547. The Morgan fingerprint density at radius 2 is 1.84 bits per heavy atom. The summed E-state index contributed by atoms with van der Waals surface area (Å²) < 4.78 is 44.5. The normalized spacial score (nSPS) is 13.2. The summed E-state index contributed by atoms with van der Waals surface area (Å²) in [6.07, 6.45) is 0.144. The van der Waals surface area contributed by atoms with Gasteiger partial charge in [0, 0.05) is 11.6 Å². The molecule has 8 nitrogen and oxygen atoms in total. The lowest BCUT2D eigenvalue weighted by atomic mass is 9.86. The van der Waals surface area contributed by atoms with Gasteiger partial charge in [-0.15, -0.1) is 0 Å². The number of sulfone groups is 1. The third-order valence-electron chi connectivity index (χ3n) is 4.74. The molecule has 0 radical (unpaired) electrons. The lowest BCUT2D eigenvalue weighted by Crippen LogP contribution is -2.40. The Bertz CT molecular complexity index is 1300.